The van der Waals surface area contributed by atoms with Crippen molar-refractivity contribution in [2.75, 3.05) is 20.1 Å². The Morgan fingerprint density at radius 3 is 2.59 bits per heavy atom. The summed E-state index contributed by atoms with van der Waals surface area (Å²) in [6, 6.07) is 2.21. The smallest absolute Gasteiger partial charge is 0.118 e. The van der Waals surface area contributed by atoms with E-state index in [1.165, 1.54) is 44.3 Å². The Balaban J connectivity index is 1.95. The van der Waals surface area contributed by atoms with Crippen LogP contribution in [-0.2, 0) is 13.1 Å². The van der Waals surface area contributed by atoms with Gasteiger partial charge in [0.05, 0.1) is 6.54 Å². The minimum Gasteiger partial charge on any atom is -0.465 e. The SMILES string of the molecule is CNCc1cc(CN2CCCCCC2)oc1C. The Hall–Kier alpha value is -0.800. The molecule has 3 nitrogen and oxygen atoms in total. The fraction of sp³-hybridized carbons (Fsp3) is 0.714. The maximum atomic E-state index is 5.83. The van der Waals surface area contributed by atoms with E-state index in [2.05, 4.69) is 23.2 Å². The molecule has 0 aromatic carbocycles. The zero-order chi connectivity index (χ0) is 12.1. The molecule has 1 aliphatic rings. The summed E-state index contributed by atoms with van der Waals surface area (Å²) in [5.74, 6) is 2.18. The fourth-order valence-corrected chi connectivity index (χ4v) is 2.55. The van der Waals surface area contributed by atoms with Gasteiger partial charge in [-0.1, -0.05) is 12.8 Å². The van der Waals surface area contributed by atoms with Gasteiger partial charge in [0.15, 0.2) is 0 Å². The van der Waals surface area contributed by atoms with Crippen LogP contribution in [0.5, 0.6) is 0 Å². The zero-order valence-electron chi connectivity index (χ0n) is 11.1. The van der Waals surface area contributed by atoms with Gasteiger partial charge in [0.1, 0.15) is 11.5 Å². The van der Waals surface area contributed by atoms with Crippen LogP contribution in [0.2, 0.25) is 0 Å². The van der Waals surface area contributed by atoms with Gasteiger partial charge in [-0.3, -0.25) is 4.90 Å². The maximum absolute atomic E-state index is 5.83. The third kappa shape index (κ3) is 3.58. The van der Waals surface area contributed by atoms with Gasteiger partial charge < -0.3 is 9.73 Å². The first kappa shape index (κ1) is 12.7. The third-order valence-electron chi connectivity index (χ3n) is 3.52. The van der Waals surface area contributed by atoms with E-state index in [1.54, 1.807) is 0 Å². The second-order valence-electron chi connectivity index (χ2n) is 5.01. The van der Waals surface area contributed by atoms with Crippen LogP contribution >= 0.6 is 0 Å². The molecule has 0 bridgehead atoms. The molecule has 0 atom stereocenters. The van der Waals surface area contributed by atoms with Crippen molar-refractivity contribution in [1.82, 2.24) is 10.2 Å². The number of furan rings is 1. The van der Waals surface area contributed by atoms with Crippen molar-refractivity contribution >= 4 is 0 Å². The Morgan fingerprint density at radius 1 is 1.24 bits per heavy atom. The molecule has 96 valence electrons. The maximum Gasteiger partial charge on any atom is 0.118 e. The molecule has 1 aromatic rings. The average Bonchev–Trinajstić information content (AvgIpc) is 2.54. The van der Waals surface area contributed by atoms with Gasteiger partial charge in [-0.15, -0.1) is 0 Å². The summed E-state index contributed by atoms with van der Waals surface area (Å²) in [4.78, 5) is 2.52. The predicted molar refractivity (Wildman–Crippen MR) is 70.0 cm³/mol. The molecule has 0 radical (unpaired) electrons. The molecule has 2 heterocycles. The number of hydrogen-bond donors (Lipinski definition) is 1. The van der Waals surface area contributed by atoms with E-state index in [0.29, 0.717) is 0 Å². The Kier molecular flexibility index (Phi) is 4.63. The first-order chi connectivity index (χ1) is 8.29. The van der Waals surface area contributed by atoms with Crippen LogP contribution in [0.3, 0.4) is 0 Å². The molecule has 3 heteroatoms. The van der Waals surface area contributed by atoms with Crippen molar-refractivity contribution in [2.45, 2.75) is 45.7 Å². The monoisotopic (exact) mass is 236 g/mol. The van der Waals surface area contributed by atoms with Crippen LogP contribution in [0.4, 0.5) is 0 Å². The molecular formula is C14H24N2O. The normalized spacial score (nSPS) is 18.2. The largest absolute Gasteiger partial charge is 0.465 e. The minimum atomic E-state index is 0.898. The van der Waals surface area contributed by atoms with Gasteiger partial charge >= 0.3 is 0 Å². The first-order valence-electron chi connectivity index (χ1n) is 6.74. The third-order valence-corrected chi connectivity index (χ3v) is 3.52. The van der Waals surface area contributed by atoms with Gasteiger partial charge in [-0.2, -0.15) is 0 Å². The van der Waals surface area contributed by atoms with Crippen LogP contribution in [0.25, 0.3) is 0 Å². The quantitative estimate of drug-likeness (QED) is 0.871. The van der Waals surface area contributed by atoms with E-state index in [9.17, 15) is 0 Å². The Labute approximate surface area is 104 Å². The average molecular weight is 236 g/mol. The summed E-state index contributed by atoms with van der Waals surface area (Å²) in [6.07, 6.45) is 5.45. The highest BCUT2D eigenvalue weighted by molar-refractivity contribution is 5.20. The van der Waals surface area contributed by atoms with Crippen LogP contribution in [0.1, 0.15) is 42.8 Å². The highest BCUT2D eigenvalue weighted by atomic mass is 16.3. The summed E-state index contributed by atoms with van der Waals surface area (Å²) in [7, 11) is 1.97. The van der Waals surface area contributed by atoms with Gasteiger partial charge in [0.25, 0.3) is 0 Å². The van der Waals surface area contributed by atoms with Crippen molar-refractivity contribution < 1.29 is 4.42 Å². The second kappa shape index (κ2) is 6.22. The van der Waals surface area contributed by atoms with Crippen molar-refractivity contribution in [3.63, 3.8) is 0 Å². The van der Waals surface area contributed by atoms with Crippen molar-refractivity contribution in [1.29, 1.82) is 0 Å². The minimum absolute atomic E-state index is 0.898. The number of nitrogens with one attached hydrogen (secondary N) is 1. The van der Waals surface area contributed by atoms with E-state index < -0.39 is 0 Å². The standard InChI is InChI=1S/C14H24N2O/c1-12-13(10-15-2)9-14(17-12)11-16-7-5-3-4-6-8-16/h9,15H,3-8,10-11H2,1-2H3. The molecule has 1 aromatic heterocycles. The predicted octanol–water partition coefficient (Wildman–Crippen LogP) is 2.68. The van der Waals surface area contributed by atoms with Crippen LogP contribution in [-0.4, -0.2) is 25.0 Å². The molecule has 0 amide bonds. The highest BCUT2D eigenvalue weighted by Gasteiger charge is 2.13. The van der Waals surface area contributed by atoms with Crippen LogP contribution < -0.4 is 5.32 Å². The molecular weight excluding hydrogens is 212 g/mol. The number of likely N-dealkylation sites (tertiary alicyclic amines) is 1. The lowest BCUT2D eigenvalue weighted by molar-refractivity contribution is 0.251. The van der Waals surface area contributed by atoms with Gasteiger partial charge in [0.2, 0.25) is 0 Å². The summed E-state index contributed by atoms with van der Waals surface area (Å²) in [5, 5.41) is 3.18. The molecule has 1 saturated heterocycles. The van der Waals surface area contributed by atoms with Gasteiger partial charge in [-0.05, 0) is 46.0 Å². The van der Waals surface area contributed by atoms with Crippen LogP contribution in [0, 0.1) is 6.92 Å². The Bertz CT molecular complexity index is 338. The van der Waals surface area contributed by atoms with E-state index >= 15 is 0 Å². The first-order valence-corrected chi connectivity index (χ1v) is 6.74. The summed E-state index contributed by atoms with van der Waals surface area (Å²) >= 11 is 0. The molecule has 17 heavy (non-hydrogen) atoms. The molecule has 1 N–H and O–H groups in total. The molecule has 0 saturated carbocycles. The van der Waals surface area contributed by atoms with E-state index in [-0.39, 0.29) is 0 Å². The molecule has 1 aliphatic heterocycles. The van der Waals surface area contributed by atoms with Crippen molar-refractivity contribution in [2.24, 2.45) is 0 Å². The topological polar surface area (TPSA) is 28.4 Å². The molecule has 2 rings (SSSR count). The number of rotatable bonds is 4. The lowest BCUT2D eigenvalue weighted by Gasteiger charge is -2.17. The van der Waals surface area contributed by atoms with E-state index in [0.717, 1.165) is 24.6 Å². The molecule has 0 unspecified atom stereocenters. The number of hydrogen-bond acceptors (Lipinski definition) is 3. The highest BCUT2D eigenvalue weighted by Crippen LogP contribution is 2.18. The Morgan fingerprint density at radius 2 is 1.94 bits per heavy atom. The zero-order valence-corrected chi connectivity index (χ0v) is 11.1. The molecule has 0 spiro atoms. The molecule has 1 fully saturated rings. The second-order valence-corrected chi connectivity index (χ2v) is 5.01. The summed E-state index contributed by atoms with van der Waals surface area (Å²) in [6.45, 7) is 6.38. The molecule has 0 aliphatic carbocycles. The lowest BCUT2D eigenvalue weighted by Crippen LogP contribution is -2.23. The van der Waals surface area contributed by atoms with Crippen molar-refractivity contribution in [3.05, 3.63) is 23.2 Å². The lowest BCUT2D eigenvalue weighted by atomic mass is 10.2. The fourth-order valence-electron chi connectivity index (χ4n) is 2.55. The summed E-state index contributed by atoms with van der Waals surface area (Å²) in [5.41, 5.74) is 1.29. The number of aryl methyl sites for hydroxylation is 1. The van der Waals surface area contributed by atoms with Gasteiger partial charge in [-0.25, -0.2) is 0 Å². The van der Waals surface area contributed by atoms with E-state index in [1.807, 2.05) is 7.05 Å². The summed E-state index contributed by atoms with van der Waals surface area (Å²) < 4.78 is 5.83. The van der Waals surface area contributed by atoms with Crippen LogP contribution in [0.15, 0.2) is 10.5 Å². The van der Waals surface area contributed by atoms with Gasteiger partial charge in [0, 0.05) is 12.1 Å². The number of nitrogens with zero attached hydrogens (tertiary/aromatic N) is 1. The van der Waals surface area contributed by atoms with E-state index in [4.69, 9.17) is 4.42 Å². The van der Waals surface area contributed by atoms with Crippen molar-refractivity contribution in [3.8, 4) is 0 Å².